The molecule has 1 rings (SSSR count). The summed E-state index contributed by atoms with van der Waals surface area (Å²) in [7, 11) is 0. The van der Waals surface area contributed by atoms with Gasteiger partial charge in [-0.1, -0.05) is 42.5 Å². The summed E-state index contributed by atoms with van der Waals surface area (Å²) in [4.78, 5) is 39.0. The van der Waals surface area contributed by atoms with Crippen molar-refractivity contribution in [2.45, 2.75) is 58.1 Å². The second kappa shape index (κ2) is 16.7. The Labute approximate surface area is 197 Å². The molecule has 2 atom stereocenters. The molecular formula is C26H38N2O5. The molecule has 7 nitrogen and oxygen atoms in total. The lowest BCUT2D eigenvalue weighted by molar-refractivity contribution is -0.148. The summed E-state index contributed by atoms with van der Waals surface area (Å²) in [6, 6.07) is 9.50. The second-order valence-corrected chi connectivity index (χ2v) is 8.03. The lowest BCUT2D eigenvalue weighted by Crippen LogP contribution is -2.40. The van der Waals surface area contributed by atoms with Crippen LogP contribution in [-0.2, 0) is 25.7 Å². The molecule has 0 aliphatic heterocycles. The molecule has 2 unspecified atom stereocenters. The van der Waals surface area contributed by atoms with E-state index in [1.807, 2.05) is 36.4 Å². The van der Waals surface area contributed by atoms with E-state index in [4.69, 9.17) is 4.74 Å². The molecule has 0 bridgehead atoms. The van der Waals surface area contributed by atoms with Crippen molar-refractivity contribution in [1.29, 1.82) is 0 Å². The van der Waals surface area contributed by atoms with E-state index in [0.29, 0.717) is 19.4 Å². The predicted molar refractivity (Wildman–Crippen MR) is 129 cm³/mol. The van der Waals surface area contributed by atoms with Crippen molar-refractivity contribution in [1.82, 2.24) is 10.2 Å². The standard InChI is InChI=1S/C26H38N2O5/c1-4-6-7-11-15-25(31)33-21(3)19-27-26(32)23(12-5-2)18-24(30)28(16-17-29)20-22-13-9-8-10-14-22/h4-5,8-10,13-14,21,23,29H,1-2,6-7,11-12,15-20H2,3H3,(H,27,32). The molecule has 33 heavy (non-hydrogen) atoms. The Hall–Kier alpha value is -2.93. The van der Waals surface area contributed by atoms with Gasteiger partial charge in [0.05, 0.1) is 19.1 Å². The molecule has 0 aliphatic rings. The summed E-state index contributed by atoms with van der Waals surface area (Å²) in [6.07, 6.45) is 6.13. The number of hydrogen-bond acceptors (Lipinski definition) is 5. The first-order valence-electron chi connectivity index (χ1n) is 11.5. The Morgan fingerprint density at radius 2 is 1.88 bits per heavy atom. The fourth-order valence-electron chi connectivity index (χ4n) is 3.31. The van der Waals surface area contributed by atoms with Gasteiger partial charge in [-0.05, 0) is 38.2 Å². The van der Waals surface area contributed by atoms with Crippen LogP contribution in [0.2, 0.25) is 0 Å². The zero-order valence-corrected chi connectivity index (χ0v) is 19.7. The molecule has 2 N–H and O–H groups in total. The van der Waals surface area contributed by atoms with Gasteiger partial charge in [0.25, 0.3) is 0 Å². The fourth-order valence-corrected chi connectivity index (χ4v) is 3.31. The van der Waals surface area contributed by atoms with Crippen LogP contribution in [-0.4, -0.2) is 53.6 Å². The highest BCUT2D eigenvalue weighted by atomic mass is 16.5. The van der Waals surface area contributed by atoms with Crippen molar-refractivity contribution in [2.24, 2.45) is 5.92 Å². The van der Waals surface area contributed by atoms with Crippen LogP contribution in [0.5, 0.6) is 0 Å². The number of unbranched alkanes of at least 4 members (excludes halogenated alkanes) is 2. The van der Waals surface area contributed by atoms with E-state index in [2.05, 4.69) is 18.5 Å². The molecule has 0 saturated heterocycles. The molecular weight excluding hydrogens is 420 g/mol. The number of ether oxygens (including phenoxy) is 1. The first kappa shape index (κ1) is 28.1. The van der Waals surface area contributed by atoms with Gasteiger partial charge in [-0.3, -0.25) is 14.4 Å². The van der Waals surface area contributed by atoms with Crippen LogP contribution >= 0.6 is 0 Å². The van der Waals surface area contributed by atoms with Crippen molar-refractivity contribution < 1.29 is 24.2 Å². The molecule has 0 saturated carbocycles. The summed E-state index contributed by atoms with van der Waals surface area (Å²) in [6.45, 7) is 9.63. The van der Waals surface area contributed by atoms with Crippen LogP contribution in [0.15, 0.2) is 55.6 Å². The third kappa shape index (κ3) is 12.0. The van der Waals surface area contributed by atoms with Crippen molar-refractivity contribution in [2.75, 3.05) is 19.7 Å². The van der Waals surface area contributed by atoms with Gasteiger partial charge in [0.1, 0.15) is 6.10 Å². The van der Waals surface area contributed by atoms with Crippen LogP contribution in [0.25, 0.3) is 0 Å². The maximum absolute atomic E-state index is 12.9. The van der Waals surface area contributed by atoms with Gasteiger partial charge in [0.15, 0.2) is 0 Å². The van der Waals surface area contributed by atoms with Gasteiger partial charge in [-0.2, -0.15) is 0 Å². The van der Waals surface area contributed by atoms with E-state index in [0.717, 1.165) is 24.8 Å². The molecule has 0 fully saturated rings. The van der Waals surface area contributed by atoms with Crippen LogP contribution in [0.3, 0.4) is 0 Å². The van der Waals surface area contributed by atoms with Crippen molar-refractivity contribution >= 4 is 17.8 Å². The number of nitrogens with one attached hydrogen (secondary N) is 1. The van der Waals surface area contributed by atoms with Gasteiger partial charge >= 0.3 is 5.97 Å². The molecule has 182 valence electrons. The number of carbonyl (C=O) groups excluding carboxylic acids is 3. The van der Waals surface area contributed by atoms with Gasteiger partial charge in [0, 0.05) is 25.9 Å². The van der Waals surface area contributed by atoms with Crippen LogP contribution in [0.1, 0.15) is 51.0 Å². The maximum Gasteiger partial charge on any atom is 0.306 e. The van der Waals surface area contributed by atoms with Crippen molar-refractivity contribution in [3.05, 3.63) is 61.2 Å². The number of benzene rings is 1. The molecule has 0 heterocycles. The number of aliphatic hydroxyl groups excluding tert-OH is 1. The summed E-state index contributed by atoms with van der Waals surface area (Å²) in [5.41, 5.74) is 0.948. The summed E-state index contributed by atoms with van der Waals surface area (Å²) in [5, 5.41) is 12.2. The van der Waals surface area contributed by atoms with Crippen molar-refractivity contribution in [3.8, 4) is 0 Å². The number of allylic oxidation sites excluding steroid dienone is 2. The minimum atomic E-state index is -0.589. The molecule has 1 aromatic rings. The molecule has 0 radical (unpaired) electrons. The average molecular weight is 459 g/mol. The summed E-state index contributed by atoms with van der Waals surface area (Å²) < 4.78 is 5.34. The zero-order valence-electron chi connectivity index (χ0n) is 19.7. The molecule has 7 heteroatoms. The highest BCUT2D eigenvalue weighted by Crippen LogP contribution is 2.14. The number of aliphatic hydroxyl groups is 1. The monoisotopic (exact) mass is 458 g/mol. The SMILES string of the molecule is C=CCCCCC(=O)OC(C)CNC(=O)C(CC=C)CC(=O)N(CCO)Cc1ccccc1. The van der Waals surface area contributed by atoms with E-state index in [1.165, 1.54) is 0 Å². The molecule has 1 aromatic carbocycles. The molecule has 0 aromatic heterocycles. The minimum Gasteiger partial charge on any atom is -0.461 e. The maximum atomic E-state index is 12.9. The normalized spacial score (nSPS) is 12.3. The third-order valence-electron chi connectivity index (χ3n) is 5.12. The Kier molecular flexibility index (Phi) is 14.2. The molecule has 2 amide bonds. The van der Waals surface area contributed by atoms with Crippen LogP contribution < -0.4 is 5.32 Å². The topological polar surface area (TPSA) is 95.9 Å². The largest absolute Gasteiger partial charge is 0.461 e. The number of esters is 1. The van der Waals surface area contributed by atoms with Gasteiger partial charge in [-0.15, -0.1) is 13.2 Å². The minimum absolute atomic E-state index is 0.00214. The van der Waals surface area contributed by atoms with Crippen LogP contribution in [0.4, 0.5) is 0 Å². The van der Waals surface area contributed by atoms with Crippen LogP contribution in [0, 0.1) is 5.92 Å². The number of nitrogens with zero attached hydrogens (tertiary/aromatic N) is 1. The first-order chi connectivity index (χ1) is 15.9. The average Bonchev–Trinajstić information content (AvgIpc) is 2.80. The second-order valence-electron chi connectivity index (χ2n) is 8.03. The van der Waals surface area contributed by atoms with Gasteiger partial charge in [0.2, 0.25) is 11.8 Å². The number of amides is 2. The smallest absolute Gasteiger partial charge is 0.306 e. The predicted octanol–water partition coefficient (Wildman–Crippen LogP) is 3.38. The molecule has 0 spiro atoms. The Morgan fingerprint density at radius 1 is 1.15 bits per heavy atom. The van der Waals surface area contributed by atoms with Gasteiger partial charge < -0.3 is 20.1 Å². The number of carbonyl (C=O) groups is 3. The van der Waals surface area contributed by atoms with E-state index in [9.17, 15) is 19.5 Å². The van der Waals surface area contributed by atoms with E-state index < -0.39 is 12.0 Å². The fraction of sp³-hybridized carbons (Fsp3) is 0.500. The third-order valence-corrected chi connectivity index (χ3v) is 5.12. The summed E-state index contributed by atoms with van der Waals surface area (Å²) in [5.74, 6) is -1.39. The highest BCUT2D eigenvalue weighted by molar-refractivity contribution is 5.86. The Morgan fingerprint density at radius 3 is 2.52 bits per heavy atom. The lowest BCUT2D eigenvalue weighted by atomic mass is 9.99. The highest BCUT2D eigenvalue weighted by Gasteiger charge is 2.24. The van der Waals surface area contributed by atoms with E-state index in [1.54, 1.807) is 17.9 Å². The quantitative estimate of drug-likeness (QED) is 0.212. The summed E-state index contributed by atoms with van der Waals surface area (Å²) >= 11 is 0. The van der Waals surface area contributed by atoms with E-state index in [-0.39, 0.29) is 43.9 Å². The Bertz CT molecular complexity index is 750. The zero-order chi connectivity index (χ0) is 24.5. The first-order valence-corrected chi connectivity index (χ1v) is 11.5. The Balaban J connectivity index is 2.57. The number of rotatable bonds is 17. The van der Waals surface area contributed by atoms with E-state index >= 15 is 0 Å². The molecule has 0 aliphatic carbocycles. The van der Waals surface area contributed by atoms with Gasteiger partial charge in [-0.25, -0.2) is 0 Å². The lowest BCUT2D eigenvalue weighted by Gasteiger charge is -2.24. The number of hydrogen-bond donors (Lipinski definition) is 2. The van der Waals surface area contributed by atoms with Crippen molar-refractivity contribution in [3.63, 3.8) is 0 Å².